The number of hydrogen-bond acceptors (Lipinski definition) is 5. The molecule has 0 bridgehead atoms. The Kier molecular flexibility index (Phi) is 8.00. The van der Waals surface area contributed by atoms with Gasteiger partial charge in [0.25, 0.3) is 0 Å². The topological polar surface area (TPSA) is 67.9 Å². The number of hydrogen-bond donors (Lipinski definition) is 1. The minimum absolute atomic E-state index is 0.124. The second-order valence-electron chi connectivity index (χ2n) is 7.81. The van der Waals surface area contributed by atoms with Crippen LogP contribution in [0.2, 0.25) is 0 Å². The summed E-state index contributed by atoms with van der Waals surface area (Å²) in [6, 6.07) is -0.128. The van der Waals surface area contributed by atoms with Gasteiger partial charge in [-0.1, -0.05) is 26.7 Å². The summed E-state index contributed by atoms with van der Waals surface area (Å²) >= 11 is 0. The van der Waals surface area contributed by atoms with Crippen LogP contribution in [0.4, 0.5) is 4.79 Å². The van der Waals surface area contributed by atoms with Crippen molar-refractivity contribution in [1.82, 2.24) is 10.2 Å². The fourth-order valence-corrected chi connectivity index (χ4v) is 3.02. The van der Waals surface area contributed by atoms with Crippen LogP contribution in [0, 0.1) is 5.92 Å². The smallest absolute Gasteiger partial charge is 0.410 e. The third kappa shape index (κ3) is 6.67. The van der Waals surface area contributed by atoms with Gasteiger partial charge in [-0.05, 0) is 39.5 Å². The molecular formula is C18H34N2O4. The van der Waals surface area contributed by atoms with Gasteiger partial charge in [0.1, 0.15) is 11.6 Å². The Morgan fingerprint density at radius 3 is 2.25 bits per heavy atom. The van der Waals surface area contributed by atoms with Crippen LogP contribution in [0.1, 0.15) is 60.3 Å². The maximum atomic E-state index is 12.5. The van der Waals surface area contributed by atoms with Crippen LogP contribution in [0.3, 0.4) is 0 Å². The number of carbonyl (C=O) groups excluding carboxylic acids is 2. The highest BCUT2D eigenvalue weighted by atomic mass is 16.6. The Balaban J connectivity index is 2.64. The molecule has 1 fully saturated rings. The van der Waals surface area contributed by atoms with Crippen LogP contribution in [0.15, 0.2) is 0 Å². The maximum Gasteiger partial charge on any atom is 0.410 e. The van der Waals surface area contributed by atoms with E-state index < -0.39 is 5.60 Å². The number of methoxy groups -OCH3 is 1. The van der Waals surface area contributed by atoms with Gasteiger partial charge in [-0.15, -0.1) is 0 Å². The number of amides is 1. The molecule has 1 rings (SSSR count). The highest BCUT2D eigenvalue weighted by Crippen LogP contribution is 2.25. The van der Waals surface area contributed by atoms with Crippen molar-refractivity contribution in [3.05, 3.63) is 0 Å². The van der Waals surface area contributed by atoms with E-state index in [0.717, 1.165) is 25.7 Å². The van der Waals surface area contributed by atoms with Crippen LogP contribution in [0.5, 0.6) is 0 Å². The summed E-state index contributed by atoms with van der Waals surface area (Å²) in [5.74, 6) is -0.145. The standard InChI is InChI=1S/C18H34N2O4/c1-13(2)15(16(21)23-6)19-11-12-20(14-9-7-8-10-14)17(22)24-18(3,4)5/h13-15,19H,7-12H2,1-6H3/t15-/m0/s1. The van der Waals surface area contributed by atoms with E-state index >= 15 is 0 Å². The van der Waals surface area contributed by atoms with Crippen molar-refractivity contribution in [3.8, 4) is 0 Å². The van der Waals surface area contributed by atoms with E-state index in [0.29, 0.717) is 13.1 Å². The summed E-state index contributed by atoms with van der Waals surface area (Å²) in [5.41, 5.74) is -0.506. The van der Waals surface area contributed by atoms with Crippen molar-refractivity contribution < 1.29 is 19.1 Å². The summed E-state index contributed by atoms with van der Waals surface area (Å²) in [6.45, 7) is 10.6. The van der Waals surface area contributed by atoms with Crippen LogP contribution < -0.4 is 5.32 Å². The lowest BCUT2D eigenvalue weighted by atomic mass is 10.0. The lowest BCUT2D eigenvalue weighted by Gasteiger charge is -2.32. The second-order valence-corrected chi connectivity index (χ2v) is 7.81. The van der Waals surface area contributed by atoms with E-state index in [-0.39, 0.29) is 30.1 Å². The highest BCUT2D eigenvalue weighted by Gasteiger charge is 2.30. The zero-order chi connectivity index (χ0) is 18.3. The van der Waals surface area contributed by atoms with Crippen molar-refractivity contribution in [2.75, 3.05) is 20.2 Å². The number of carbonyl (C=O) groups is 2. The van der Waals surface area contributed by atoms with Gasteiger partial charge in [0.2, 0.25) is 0 Å². The third-order valence-electron chi connectivity index (χ3n) is 4.23. The number of ether oxygens (including phenoxy) is 2. The quantitative estimate of drug-likeness (QED) is 0.721. The first-order valence-electron chi connectivity index (χ1n) is 8.96. The Bertz CT molecular complexity index is 412. The van der Waals surface area contributed by atoms with E-state index in [1.54, 1.807) is 0 Å². The van der Waals surface area contributed by atoms with Crippen LogP contribution in [0.25, 0.3) is 0 Å². The maximum absolute atomic E-state index is 12.5. The molecule has 6 heteroatoms. The summed E-state index contributed by atoms with van der Waals surface area (Å²) in [6.07, 6.45) is 4.06. The molecule has 6 nitrogen and oxygen atoms in total. The lowest BCUT2D eigenvalue weighted by Crippen LogP contribution is -2.49. The molecule has 24 heavy (non-hydrogen) atoms. The van der Waals surface area contributed by atoms with Crippen molar-refractivity contribution in [1.29, 1.82) is 0 Å². The average molecular weight is 342 g/mol. The average Bonchev–Trinajstić information content (AvgIpc) is 2.98. The Hall–Kier alpha value is -1.30. The molecular weight excluding hydrogens is 308 g/mol. The van der Waals surface area contributed by atoms with E-state index in [9.17, 15) is 9.59 Å². The molecule has 1 atom stereocenters. The molecule has 0 aromatic heterocycles. The molecule has 140 valence electrons. The van der Waals surface area contributed by atoms with Gasteiger partial charge >= 0.3 is 12.1 Å². The molecule has 1 aliphatic rings. The van der Waals surface area contributed by atoms with Crippen molar-refractivity contribution in [3.63, 3.8) is 0 Å². The summed E-state index contributed by atoms with van der Waals surface area (Å²) in [5, 5.41) is 3.22. The number of esters is 1. The number of rotatable bonds is 7. The molecule has 0 saturated heterocycles. The zero-order valence-electron chi connectivity index (χ0n) is 16.1. The number of nitrogens with zero attached hydrogens (tertiary/aromatic N) is 1. The second kappa shape index (κ2) is 9.25. The molecule has 0 unspecified atom stereocenters. The normalized spacial score (nSPS) is 17.0. The molecule has 0 radical (unpaired) electrons. The lowest BCUT2D eigenvalue weighted by molar-refractivity contribution is -0.144. The molecule has 1 aliphatic carbocycles. The van der Waals surface area contributed by atoms with Gasteiger partial charge in [-0.3, -0.25) is 4.79 Å². The fraction of sp³-hybridized carbons (Fsp3) is 0.889. The molecule has 0 spiro atoms. The van der Waals surface area contributed by atoms with E-state index in [1.165, 1.54) is 7.11 Å². The van der Waals surface area contributed by atoms with Gasteiger partial charge in [0.15, 0.2) is 0 Å². The first kappa shape index (κ1) is 20.7. The van der Waals surface area contributed by atoms with Crippen molar-refractivity contribution >= 4 is 12.1 Å². The predicted molar refractivity (Wildman–Crippen MR) is 93.8 cm³/mol. The van der Waals surface area contributed by atoms with Crippen LogP contribution in [-0.2, 0) is 14.3 Å². The van der Waals surface area contributed by atoms with Gasteiger partial charge in [0.05, 0.1) is 7.11 Å². The predicted octanol–water partition coefficient (Wildman–Crippen LogP) is 2.95. The molecule has 0 aromatic carbocycles. The molecule has 0 aromatic rings. The van der Waals surface area contributed by atoms with E-state index in [4.69, 9.17) is 9.47 Å². The summed E-state index contributed by atoms with van der Waals surface area (Å²) < 4.78 is 10.4. The number of nitrogens with one attached hydrogen (secondary N) is 1. The fourth-order valence-electron chi connectivity index (χ4n) is 3.02. The minimum Gasteiger partial charge on any atom is -0.468 e. The SMILES string of the molecule is COC(=O)[C@@H](NCCN(C(=O)OC(C)(C)C)C1CCCC1)C(C)C. The van der Waals surface area contributed by atoms with Crippen LogP contribution in [-0.4, -0.2) is 54.8 Å². The first-order valence-corrected chi connectivity index (χ1v) is 8.96. The van der Waals surface area contributed by atoms with Gasteiger partial charge in [0, 0.05) is 19.1 Å². The Labute approximate surface area is 146 Å². The molecule has 1 saturated carbocycles. The van der Waals surface area contributed by atoms with E-state index in [1.807, 2.05) is 39.5 Å². The highest BCUT2D eigenvalue weighted by molar-refractivity contribution is 5.75. The van der Waals surface area contributed by atoms with Gasteiger partial charge in [-0.2, -0.15) is 0 Å². The Morgan fingerprint density at radius 1 is 1.21 bits per heavy atom. The molecule has 0 heterocycles. The van der Waals surface area contributed by atoms with Crippen molar-refractivity contribution in [2.24, 2.45) is 5.92 Å². The first-order chi connectivity index (χ1) is 11.2. The summed E-state index contributed by atoms with van der Waals surface area (Å²) in [7, 11) is 1.39. The largest absolute Gasteiger partial charge is 0.468 e. The van der Waals surface area contributed by atoms with E-state index in [2.05, 4.69) is 5.32 Å². The molecule has 1 N–H and O–H groups in total. The Morgan fingerprint density at radius 2 is 1.79 bits per heavy atom. The molecule has 1 amide bonds. The molecule has 0 aliphatic heterocycles. The van der Waals surface area contributed by atoms with Gasteiger partial charge in [-0.25, -0.2) is 4.79 Å². The summed E-state index contributed by atoms with van der Waals surface area (Å²) in [4.78, 5) is 26.2. The monoisotopic (exact) mass is 342 g/mol. The zero-order valence-corrected chi connectivity index (χ0v) is 16.1. The third-order valence-corrected chi connectivity index (χ3v) is 4.23. The van der Waals surface area contributed by atoms with Crippen molar-refractivity contribution in [2.45, 2.75) is 78.0 Å². The van der Waals surface area contributed by atoms with Crippen LogP contribution >= 0.6 is 0 Å². The van der Waals surface area contributed by atoms with Gasteiger partial charge < -0.3 is 19.7 Å². The minimum atomic E-state index is -0.506.